The first-order valence-corrected chi connectivity index (χ1v) is 9.74. The van der Waals surface area contributed by atoms with Crippen LogP contribution < -0.4 is 5.32 Å². The lowest BCUT2D eigenvalue weighted by molar-refractivity contribution is 0.102. The van der Waals surface area contributed by atoms with E-state index in [-0.39, 0.29) is 5.91 Å². The van der Waals surface area contributed by atoms with Gasteiger partial charge in [-0.15, -0.1) is 0 Å². The first-order chi connectivity index (χ1) is 12.4. The summed E-state index contributed by atoms with van der Waals surface area (Å²) in [5.74, 6) is 3.70. The van der Waals surface area contributed by atoms with Gasteiger partial charge in [-0.05, 0) is 45.4 Å². The van der Waals surface area contributed by atoms with Crippen LogP contribution in [0.25, 0.3) is 5.69 Å². The van der Waals surface area contributed by atoms with Crippen LogP contribution >= 0.6 is 11.8 Å². The van der Waals surface area contributed by atoms with E-state index < -0.39 is 0 Å². The largest absolute Gasteiger partial charge is 0.466 e. The second kappa shape index (κ2) is 6.36. The molecule has 0 spiro atoms. The smallest absolute Gasteiger partial charge is 0.260 e. The molecule has 0 unspecified atom stereocenters. The van der Waals surface area contributed by atoms with Crippen molar-refractivity contribution in [2.24, 2.45) is 0 Å². The molecule has 0 radical (unpaired) electrons. The molecule has 0 atom stereocenters. The van der Waals surface area contributed by atoms with Gasteiger partial charge in [0.05, 0.1) is 16.9 Å². The van der Waals surface area contributed by atoms with Gasteiger partial charge in [0.15, 0.2) is 0 Å². The molecule has 3 heterocycles. The molecule has 0 aliphatic carbocycles. The van der Waals surface area contributed by atoms with Crippen molar-refractivity contribution in [1.29, 1.82) is 0 Å². The predicted molar refractivity (Wildman–Crippen MR) is 104 cm³/mol. The average Bonchev–Trinajstić information content (AvgIpc) is 3.24. The number of amides is 1. The number of rotatable bonds is 3. The van der Waals surface area contributed by atoms with Crippen LogP contribution in [0.2, 0.25) is 0 Å². The van der Waals surface area contributed by atoms with Gasteiger partial charge in [-0.1, -0.05) is 17.7 Å². The summed E-state index contributed by atoms with van der Waals surface area (Å²) in [6.07, 6.45) is 0. The van der Waals surface area contributed by atoms with Crippen LogP contribution in [0.3, 0.4) is 0 Å². The van der Waals surface area contributed by atoms with Crippen molar-refractivity contribution >= 4 is 23.5 Å². The van der Waals surface area contributed by atoms with Crippen LogP contribution in [0.4, 0.5) is 5.82 Å². The summed E-state index contributed by atoms with van der Waals surface area (Å²) < 4.78 is 7.38. The van der Waals surface area contributed by atoms with E-state index in [1.165, 1.54) is 5.56 Å². The number of anilines is 1. The summed E-state index contributed by atoms with van der Waals surface area (Å²) in [5.41, 5.74) is 6.05. The summed E-state index contributed by atoms with van der Waals surface area (Å²) in [6, 6.07) is 8.03. The Morgan fingerprint density at radius 2 is 2.00 bits per heavy atom. The highest BCUT2D eigenvalue weighted by atomic mass is 32.2. The molecule has 1 aliphatic heterocycles. The van der Waals surface area contributed by atoms with Crippen molar-refractivity contribution in [2.75, 3.05) is 5.32 Å². The molecule has 3 aromatic rings. The van der Waals surface area contributed by atoms with Crippen molar-refractivity contribution in [3.63, 3.8) is 0 Å². The van der Waals surface area contributed by atoms with Crippen LogP contribution in [0.15, 0.2) is 28.7 Å². The zero-order valence-corrected chi connectivity index (χ0v) is 16.2. The number of benzene rings is 1. The number of nitrogens with zero attached hydrogens (tertiary/aromatic N) is 2. The molecule has 0 fully saturated rings. The Morgan fingerprint density at radius 3 is 2.69 bits per heavy atom. The normalized spacial score (nSPS) is 13.1. The molecule has 134 valence electrons. The standard InChI is InChI=1S/C20H21N3O2S/c1-11-5-6-18(12(2)7-11)23-19(16-9-26-10-17(16)22-23)21-20(24)15-8-13(3)25-14(15)4/h5-8H,9-10H2,1-4H3,(H,21,24). The summed E-state index contributed by atoms with van der Waals surface area (Å²) >= 11 is 1.82. The summed E-state index contributed by atoms with van der Waals surface area (Å²) in [6.45, 7) is 7.80. The Bertz CT molecular complexity index is 1020. The van der Waals surface area contributed by atoms with Gasteiger partial charge < -0.3 is 9.73 Å². The quantitative estimate of drug-likeness (QED) is 0.729. The minimum Gasteiger partial charge on any atom is -0.466 e. The highest BCUT2D eigenvalue weighted by molar-refractivity contribution is 7.98. The molecule has 0 saturated carbocycles. The number of hydrogen-bond donors (Lipinski definition) is 1. The fourth-order valence-corrected chi connectivity index (χ4v) is 4.42. The third kappa shape index (κ3) is 2.84. The zero-order valence-electron chi connectivity index (χ0n) is 15.3. The molecular weight excluding hydrogens is 346 g/mol. The lowest BCUT2D eigenvalue weighted by Crippen LogP contribution is -2.17. The number of furan rings is 1. The second-order valence-electron chi connectivity index (χ2n) is 6.75. The number of hydrogen-bond acceptors (Lipinski definition) is 4. The molecular formula is C20H21N3O2S. The van der Waals surface area contributed by atoms with Gasteiger partial charge in [-0.2, -0.15) is 16.9 Å². The van der Waals surface area contributed by atoms with E-state index in [4.69, 9.17) is 9.52 Å². The van der Waals surface area contributed by atoms with Crippen LogP contribution in [-0.2, 0) is 11.5 Å². The van der Waals surface area contributed by atoms with E-state index in [1.807, 2.05) is 30.3 Å². The monoisotopic (exact) mass is 367 g/mol. The Morgan fingerprint density at radius 1 is 1.19 bits per heavy atom. The van der Waals surface area contributed by atoms with Crippen LogP contribution in [0.1, 0.15) is 44.3 Å². The Kier molecular flexibility index (Phi) is 4.15. The first kappa shape index (κ1) is 17.0. The number of carbonyl (C=O) groups excluding carboxylic acids is 1. The minimum absolute atomic E-state index is 0.162. The van der Waals surface area contributed by atoms with Gasteiger partial charge in [0.2, 0.25) is 0 Å². The number of fused-ring (bicyclic) bond motifs is 1. The summed E-state index contributed by atoms with van der Waals surface area (Å²) in [7, 11) is 0. The maximum absolute atomic E-state index is 12.8. The molecule has 0 saturated heterocycles. The number of thioether (sulfide) groups is 1. The lowest BCUT2D eigenvalue weighted by Gasteiger charge is -2.13. The Hall–Kier alpha value is -2.47. The van der Waals surface area contributed by atoms with Crippen LogP contribution in [0, 0.1) is 27.7 Å². The van der Waals surface area contributed by atoms with Gasteiger partial charge in [0.25, 0.3) is 5.91 Å². The van der Waals surface area contributed by atoms with E-state index in [9.17, 15) is 4.79 Å². The molecule has 4 rings (SSSR count). The minimum atomic E-state index is -0.162. The van der Waals surface area contributed by atoms with Crippen LogP contribution in [-0.4, -0.2) is 15.7 Å². The lowest BCUT2D eigenvalue weighted by atomic mass is 10.1. The molecule has 1 aromatic carbocycles. The Balaban J connectivity index is 1.78. The highest BCUT2D eigenvalue weighted by Gasteiger charge is 2.26. The summed E-state index contributed by atoms with van der Waals surface area (Å²) in [5, 5.41) is 7.87. The van der Waals surface area contributed by atoms with Crippen molar-refractivity contribution in [3.05, 3.63) is 63.7 Å². The topological polar surface area (TPSA) is 60.1 Å². The Labute approximate surface area is 156 Å². The third-order valence-electron chi connectivity index (χ3n) is 4.65. The zero-order chi connectivity index (χ0) is 18.4. The van der Waals surface area contributed by atoms with Gasteiger partial charge in [0, 0.05) is 17.1 Å². The second-order valence-corrected chi connectivity index (χ2v) is 7.74. The molecule has 5 nitrogen and oxygen atoms in total. The molecule has 6 heteroatoms. The first-order valence-electron chi connectivity index (χ1n) is 8.58. The van der Waals surface area contributed by atoms with E-state index in [2.05, 4.69) is 37.4 Å². The fourth-order valence-electron chi connectivity index (χ4n) is 3.39. The maximum atomic E-state index is 12.8. The van der Waals surface area contributed by atoms with E-state index >= 15 is 0 Å². The highest BCUT2D eigenvalue weighted by Crippen LogP contribution is 2.37. The fraction of sp³-hybridized carbons (Fsp3) is 0.300. The van der Waals surface area contributed by atoms with Crippen molar-refractivity contribution in [2.45, 2.75) is 39.2 Å². The van der Waals surface area contributed by atoms with Crippen molar-refractivity contribution in [3.8, 4) is 5.69 Å². The number of aromatic nitrogens is 2. The SMILES string of the molecule is Cc1ccc(-n2nc3c(c2NC(=O)c2cc(C)oc2C)CSC3)c(C)c1. The van der Waals surface area contributed by atoms with Crippen LogP contribution in [0.5, 0.6) is 0 Å². The van der Waals surface area contributed by atoms with Gasteiger partial charge >= 0.3 is 0 Å². The maximum Gasteiger partial charge on any atom is 0.260 e. The number of aryl methyl sites for hydroxylation is 4. The average molecular weight is 367 g/mol. The number of carbonyl (C=O) groups is 1. The number of nitrogens with one attached hydrogen (secondary N) is 1. The predicted octanol–water partition coefficient (Wildman–Crippen LogP) is 4.70. The third-order valence-corrected chi connectivity index (χ3v) is 5.62. The van der Waals surface area contributed by atoms with E-state index in [0.717, 1.165) is 45.6 Å². The van der Waals surface area contributed by atoms with Crippen molar-refractivity contribution in [1.82, 2.24) is 9.78 Å². The molecule has 2 aromatic heterocycles. The van der Waals surface area contributed by atoms with Gasteiger partial charge in [-0.25, -0.2) is 4.68 Å². The molecule has 0 bridgehead atoms. The van der Waals surface area contributed by atoms with Gasteiger partial charge in [-0.3, -0.25) is 4.79 Å². The van der Waals surface area contributed by atoms with E-state index in [0.29, 0.717) is 11.3 Å². The molecule has 1 amide bonds. The molecule has 1 N–H and O–H groups in total. The van der Waals surface area contributed by atoms with E-state index in [1.54, 1.807) is 6.07 Å². The summed E-state index contributed by atoms with van der Waals surface area (Å²) in [4.78, 5) is 12.8. The van der Waals surface area contributed by atoms with Gasteiger partial charge in [0.1, 0.15) is 17.3 Å². The molecule has 26 heavy (non-hydrogen) atoms. The van der Waals surface area contributed by atoms with Crippen molar-refractivity contribution < 1.29 is 9.21 Å². The molecule has 1 aliphatic rings.